The largest absolute Gasteiger partial charge is 0.396 e. The summed E-state index contributed by atoms with van der Waals surface area (Å²) < 4.78 is 7.01. The van der Waals surface area contributed by atoms with Crippen molar-refractivity contribution in [1.82, 2.24) is 9.80 Å². The van der Waals surface area contributed by atoms with Gasteiger partial charge in [0.25, 0.3) is 5.91 Å². The molecule has 0 saturated carbocycles. The Balaban J connectivity index is 1.41. The van der Waals surface area contributed by atoms with E-state index in [1.807, 2.05) is 79.7 Å². The van der Waals surface area contributed by atoms with Gasteiger partial charge in [0.2, 0.25) is 11.8 Å². The first kappa shape index (κ1) is 31.7. The van der Waals surface area contributed by atoms with Crippen LogP contribution in [0.2, 0.25) is 0 Å². The van der Waals surface area contributed by atoms with Gasteiger partial charge in [0.15, 0.2) is 0 Å². The molecule has 3 saturated heterocycles. The molecule has 0 radical (unpaired) electrons. The van der Waals surface area contributed by atoms with E-state index < -0.39 is 29.1 Å². The molecule has 8 nitrogen and oxygen atoms in total. The molecule has 0 aliphatic carbocycles. The molecule has 0 aromatic heterocycles. The molecule has 3 aromatic carbocycles. The Hall–Kier alpha value is -4.27. The molecule has 6 rings (SSSR count). The maximum absolute atomic E-state index is 14.9. The molecule has 46 heavy (non-hydrogen) atoms. The van der Waals surface area contributed by atoms with Gasteiger partial charge in [-0.1, -0.05) is 79.7 Å². The lowest BCUT2D eigenvalue weighted by Crippen LogP contribution is -2.56. The van der Waals surface area contributed by atoms with Gasteiger partial charge >= 0.3 is 0 Å². The van der Waals surface area contributed by atoms with E-state index in [1.165, 1.54) is 0 Å². The zero-order valence-corrected chi connectivity index (χ0v) is 26.5. The van der Waals surface area contributed by atoms with E-state index in [4.69, 9.17) is 4.74 Å². The van der Waals surface area contributed by atoms with Gasteiger partial charge in [-0.3, -0.25) is 14.4 Å². The summed E-state index contributed by atoms with van der Waals surface area (Å²) in [5, 5.41) is 11.8. The van der Waals surface area contributed by atoms with Crippen molar-refractivity contribution in [2.24, 2.45) is 11.8 Å². The number of anilines is 1. The molecule has 3 aromatic rings. The number of nitrogens with zero attached hydrogens (tertiary/aromatic N) is 3. The highest BCUT2D eigenvalue weighted by Gasteiger charge is 2.79. The Kier molecular flexibility index (Phi) is 8.86. The van der Waals surface area contributed by atoms with Crippen molar-refractivity contribution in [2.45, 2.75) is 56.4 Å². The van der Waals surface area contributed by atoms with Gasteiger partial charge in [-0.15, -0.1) is 13.2 Å². The normalized spacial score (nSPS) is 26.3. The molecular weight excluding hydrogens is 578 g/mol. The number of aliphatic hydroxyl groups is 1. The number of carbonyl (C=O) groups excluding carboxylic acids is 3. The van der Waals surface area contributed by atoms with Crippen molar-refractivity contribution in [3.8, 4) is 0 Å². The fourth-order valence-corrected chi connectivity index (χ4v) is 8.19. The standard InChI is InChI=1S/C38H43N3O5/c1-4-21-39(26-27-13-8-7-9-14-27)34(43)31-32-35(44)41(23-12-24-42)33(38(32)20-19-37(31,6-3)46-38)36(45)40(22-5-2)30-18-17-28-15-10-11-16-29(28)25-30/h4-5,7-11,13-18,25,31-33,42H,1-2,6,12,19-24,26H2,3H3/t31-,32-,33?,37+,38?/m0/s1. The van der Waals surface area contributed by atoms with Gasteiger partial charge in [0, 0.05) is 38.5 Å². The van der Waals surface area contributed by atoms with Crippen LogP contribution in [0.25, 0.3) is 10.8 Å². The van der Waals surface area contributed by atoms with Crippen LogP contribution in [0.1, 0.15) is 38.2 Å². The van der Waals surface area contributed by atoms with Crippen LogP contribution in [0.4, 0.5) is 5.69 Å². The second kappa shape index (κ2) is 12.9. The van der Waals surface area contributed by atoms with E-state index in [1.54, 1.807) is 26.9 Å². The number of hydrogen-bond donors (Lipinski definition) is 1. The fourth-order valence-electron chi connectivity index (χ4n) is 8.19. The number of aliphatic hydroxyl groups excluding tert-OH is 1. The Labute approximate surface area is 270 Å². The minimum atomic E-state index is -1.16. The number of carbonyl (C=O) groups is 3. The zero-order valence-electron chi connectivity index (χ0n) is 26.5. The molecule has 1 spiro atoms. The molecule has 5 atom stereocenters. The van der Waals surface area contributed by atoms with Crippen LogP contribution in [-0.4, -0.2) is 76.1 Å². The van der Waals surface area contributed by atoms with Crippen molar-refractivity contribution in [3.05, 3.63) is 104 Å². The quantitative estimate of drug-likeness (QED) is 0.268. The van der Waals surface area contributed by atoms with E-state index in [0.29, 0.717) is 44.5 Å². The van der Waals surface area contributed by atoms with Gasteiger partial charge in [0.05, 0.1) is 17.4 Å². The number of ether oxygens (including phenoxy) is 1. The lowest BCUT2D eigenvalue weighted by Gasteiger charge is -2.37. The second-order valence-electron chi connectivity index (χ2n) is 12.7. The van der Waals surface area contributed by atoms with E-state index in [-0.39, 0.29) is 37.4 Å². The van der Waals surface area contributed by atoms with Crippen LogP contribution in [0.5, 0.6) is 0 Å². The first-order valence-electron chi connectivity index (χ1n) is 16.3. The number of benzene rings is 3. The van der Waals surface area contributed by atoms with Gasteiger partial charge < -0.3 is 24.5 Å². The van der Waals surface area contributed by atoms with Crippen molar-refractivity contribution >= 4 is 34.2 Å². The molecule has 240 valence electrons. The first-order valence-corrected chi connectivity index (χ1v) is 16.3. The lowest BCUT2D eigenvalue weighted by molar-refractivity contribution is -0.151. The Morgan fingerprint density at radius 1 is 0.978 bits per heavy atom. The van der Waals surface area contributed by atoms with Crippen molar-refractivity contribution in [1.29, 1.82) is 0 Å². The number of fused-ring (bicyclic) bond motifs is 2. The summed E-state index contributed by atoms with van der Waals surface area (Å²) in [7, 11) is 0. The Bertz CT molecular complexity index is 1640. The highest BCUT2D eigenvalue weighted by atomic mass is 16.5. The summed E-state index contributed by atoms with van der Waals surface area (Å²) in [4.78, 5) is 49.1. The average molecular weight is 622 g/mol. The SMILES string of the molecule is C=CCN(Cc1ccccc1)C(=O)[C@@H]1[C@H]2C(=O)N(CCCO)C(C(=O)N(CC=C)c3ccc4ccccc4c3)C23CC[C@@]1(CC)O3. The van der Waals surface area contributed by atoms with Crippen LogP contribution in [0, 0.1) is 11.8 Å². The fraction of sp³-hybridized carbons (Fsp3) is 0.395. The van der Waals surface area contributed by atoms with Crippen LogP contribution < -0.4 is 4.90 Å². The van der Waals surface area contributed by atoms with E-state index >= 15 is 0 Å². The molecule has 8 heteroatoms. The number of rotatable bonds is 13. The Morgan fingerprint density at radius 2 is 1.70 bits per heavy atom. The third-order valence-corrected chi connectivity index (χ3v) is 10.2. The molecule has 2 unspecified atom stereocenters. The topological polar surface area (TPSA) is 90.4 Å². The summed E-state index contributed by atoms with van der Waals surface area (Å²) in [6.45, 7) is 10.8. The maximum Gasteiger partial charge on any atom is 0.253 e. The molecule has 1 N–H and O–H groups in total. The molecule has 2 bridgehead atoms. The van der Waals surface area contributed by atoms with Crippen LogP contribution in [0.3, 0.4) is 0 Å². The third-order valence-electron chi connectivity index (χ3n) is 10.2. The smallest absolute Gasteiger partial charge is 0.253 e. The monoisotopic (exact) mass is 621 g/mol. The summed E-state index contributed by atoms with van der Waals surface area (Å²) in [6.07, 6.45) is 5.31. The number of hydrogen-bond acceptors (Lipinski definition) is 5. The molecule has 3 aliphatic rings. The average Bonchev–Trinajstić information content (AvgIpc) is 3.69. The third kappa shape index (κ3) is 5.13. The van der Waals surface area contributed by atoms with E-state index in [0.717, 1.165) is 16.3 Å². The summed E-state index contributed by atoms with van der Waals surface area (Å²) in [6, 6.07) is 22.7. The van der Waals surface area contributed by atoms with Gasteiger partial charge in [-0.05, 0) is 54.2 Å². The number of amides is 3. The van der Waals surface area contributed by atoms with E-state index in [2.05, 4.69) is 13.2 Å². The predicted molar refractivity (Wildman–Crippen MR) is 179 cm³/mol. The molecule has 3 aliphatic heterocycles. The first-order chi connectivity index (χ1) is 22.3. The maximum atomic E-state index is 14.9. The van der Waals surface area contributed by atoms with Gasteiger partial charge in [-0.25, -0.2) is 0 Å². The van der Waals surface area contributed by atoms with Gasteiger partial charge in [0.1, 0.15) is 11.6 Å². The molecule has 3 fully saturated rings. The molecule has 3 amide bonds. The van der Waals surface area contributed by atoms with Crippen LogP contribution in [0.15, 0.2) is 98.1 Å². The van der Waals surface area contributed by atoms with Crippen molar-refractivity contribution < 1.29 is 24.2 Å². The summed E-state index contributed by atoms with van der Waals surface area (Å²) >= 11 is 0. The van der Waals surface area contributed by atoms with E-state index in [9.17, 15) is 19.5 Å². The van der Waals surface area contributed by atoms with Crippen LogP contribution in [-0.2, 0) is 25.7 Å². The minimum Gasteiger partial charge on any atom is -0.396 e. The Morgan fingerprint density at radius 3 is 2.39 bits per heavy atom. The minimum absolute atomic E-state index is 0.129. The van der Waals surface area contributed by atoms with Crippen LogP contribution >= 0.6 is 0 Å². The van der Waals surface area contributed by atoms with Gasteiger partial charge in [-0.2, -0.15) is 0 Å². The predicted octanol–water partition coefficient (Wildman–Crippen LogP) is 5.11. The van der Waals surface area contributed by atoms with Crippen molar-refractivity contribution in [2.75, 3.05) is 31.1 Å². The second-order valence-corrected chi connectivity index (χ2v) is 12.7. The molecular formula is C38H43N3O5. The number of likely N-dealkylation sites (tertiary alicyclic amines) is 1. The highest BCUT2D eigenvalue weighted by molar-refractivity contribution is 6.06. The highest BCUT2D eigenvalue weighted by Crippen LogP contribution is 2.64. The summed E-state index contributed by atoms with van der Waals surface area (Å²) in [5.74, 6) is -2.23. The molecule has 3 heterocycles. The summed E-state index contributed by atoms with van der Waals surface area (Å²) in [5.41, 5.74) is -0.347. The lowest BCUT2D eigenvalue weighted by atomic mass is 9.64. The zero-order chi connectivity index (χ0) is 32.5. The van der Waals surface area contributed by atoms with Crippen molar-refractivity contribution in [3.63, 3.8) is 0 Å².